The number of hydrogen-bond donors (Lipinski definition) is 0. The number of carbonyl (C=O) groups excluding carboxylic acids is 3. The topological polar surface area (TPSA) is 109 Å². The van der Waals surface area contributed by atoms with E-state index in [-0.39, 0.29) is 30.8 Å². The molecule has 25 heavy (non-hydrogen) atoms. The molecule has 0 N–H and O–H groups in total. The van der Waals surface area contributed by atoms with Gasteiger partial charge < -0.3 is 4.74 Å². The van der Waals surface area contributed by atoms with E-state index in [1.807, 2.05) is 0 Å². The Balaban J connectivity index is 1.94. The molecule has 2 aliphatic heterocycles. The molecule has 9 nitrogen and oxygen atoms in total. The molecule has 2 aliphatic rings. The van der Waals surface area contributed by atoms with Gasteiger partial charge in [-0.2, -0.15) is 0 Å². The van der Waals surface area contributed by atoms with E-state index in [4.69, 9.17) is 4.74 Å². The highest BCUT2D eigenvalue weighted by atomic mass is 19.1. The summed E-state index contributed by atoms with van der Waals surface area (Å²) >= 11 is 0. The van der Waals surface area contributed by atoms with Gasteiger partial charge in [-0.3, -0.25) is 9.59 Å². The molecule has 1 saturated heterocycles. The first-order chi connectivity index (χ1) is 11.9. The minimum atomic E-state index is -1.70. The monoisotopic (exact) mass is 348 g/mol. The average molecular weight is 348 g/mol. The number of anilines is 1. The number of hydrogen-bond acceptors (Lipinski definition) is 7. The number of imide groups is 1. The fraction of sp³-hybridized carbons (Fsp3) is 0.333. The van der Waals surface area contributed by atoms with Crippen molar-refractivity contribution in [2.75, 3.05) is 11.5 Å². The maximum Gasteiger partial charge on any atom is 0.354 e. The first-order valence-corrected chi connectivity index (χ1v) is 7.44. The van der Waals surface area contributed by atoms with Crippen LogP contribution in [0.4, 0.5) is 10.1 Å². The third-order valence-corrected chi connectivity index (χ3v) is 4.03. The quantitative estimate of drug-likeness (QED) is 0.458. The Bertz CT molecular complexity index is 794. The summed E-state index contributed by atoms with van der Waals surface area (Å²) in [5, 5.41) is 6.94. The van der Waals surface area contributed by atoms with Crippen molar-refractivity contribution in [1.29, 1.82) is 0 Å². The van der Waals surface area contributed by atoms with Crippen LogP contribution in [0.25, 0.3) is 0 Å². The van der Waals surface area contributed by atoms with Gasteiger partial charge >= 0.3 is 5.97 Å². The predicted molar refractivity (Wildman–Crippen MR) is 82.6 cm³/mol. The van der Waals surface area contributed by atoms with E-state index < -0.39 is 29.1 Å². The minimum absolute atomic E-state index is 0.0912. The fourth-order valence-corrected chi connectivity index (χ4v) is 2.89. The third kappa shape index (κ3) is 2.55. The van der Waals surface area contributed by atoms with Crippen LogP contribution in [-0.2, 0) is 19.1 Å². The van der Waals surface area contributed by atoms with Crippen molar-refractivity contribution < 1.29 is 23.5 Å². The zero-order chi connectivity index (χ0) is 18.2. The second kappa shape index (κ2) is 6.04. The van der Waals surface area contributed by atoms with Gasteiger partial charge in [0.2, 0.25) is 5.91 Å². The number of ether oxygens (including phenoxy) is 1. The van der Waals surface area contributed by atoms with Crippen molar-refractivity contribution >= 4 is 29.2 Å². The molecule has 2 amide bonds. The summed E-state index contributed by atoms with van der Waals surface area (Å²) in [6.07, 6.45) is -0.665. The van der Waals surface area contributed by atoms with Crippen LogP contribution in [0.2, 0.25) is 0 Å². The number of nitrogens with zero attached hydrogens (tertiary/aromatic N) is 4. The van der Waals surface area contributed by atoms with E-state index in [0.717, 1.165) is 17.0 Å². The Labute approximate surface area is 141 Å². The Morgan fingerprint density at radius 2 is 2.00 bits per heavy atom. The highest BCUT2D eigenvalue weighted by Gasteiger charge is 2.61. The summed E-state index contributed by atoms with van der Waals surface area (Å²) in [4.78, 5) is 49.0. The molecule has 0 aromatic heterocycles. The van der Waals surface area contributed by atoms with E-state index in [1.165, 1.54) is 12.1 Å². The van der Waals surface area contributed by atoms with Gasteiger partial charge in [0.25, 0.3) is 5.91 Å². The Morgan fingerprint density at radius 1 is 1.32 bits per heavy atom. The molecule has 0 unspecified atom stereocenters. The molecule has 0 bridgehead atoms. The van der Waals surface area contributed by atoms with Crippen LogP contribution in [0.5, 0.6) is 0 Å². The van der Waals surface area contributed by atoms with Gasteiger partial charge in [0.1, 0.15) is 5.82 Å². The fourth-order valence-electron chi connectivity index (χ4n) is 2.89. The molecule has 1 fully saturated rings. The third-order valence-electron chi connectivity index (χ3n) is 4.03. The normalized spacial score (nSPS) is 22.6. The van der Waals surface area contributed by atoms with Gasteiger partial charge in [-0.1, -0.05) is 0 Å². The number of carbonyl (C=O) groups is 3. The van der Waals surface area contributed by atoms with Crippen LogP contribution in [0.15, 0.2) is 34.7 Å². The molecule has 1 aromatic carbocycles. The molecular formula is C15H13FN4O5. The molecule has 0 radical (unpaired) electrons. The molecule has 1 atom stereocenters. The van der Waals surface area contributed by atoms with Crippen LogP contribution in [0.1, 0.15) is 19.8 Å². The number of hydrazone groups is 1. The van der Waals surface area contributed by atoms with Gasteiger partial charge in [0.15, 0.2) is 11.3 Å². The number of halogens is 1. The van der Waals surface area contributed by atoms with E-state index in [2.05, 4.69) is 10.4 Å². The van der Waals surface area contributed by atoms with Crippen molar-refractivity contribution in [1.82, 2.24) is 5.12 Å². The van der Waals surface area contributed by atoms with E-state index in [1.54, 1.807) is 6.92 Å². The SMILES string of the molecule is CCOC(=O)C1=NN(N=O)[C@]2(CC(=O)N(c3ccc(F)cc3)C2=O)C1. The number of benzene rings is 1. The Hall–Kier alpha value is -3.17. The molecule has 1 aromatic rings. The molecule has 0 saturated carbocycles. The van der Waals surface area contributed by atoms with Crippen molar-refractivity contribution in [2.45, 2.75) is 25.3 Å². The summed E-state index contributed by atoms with van der Waals surface area (Å²) in [5.74, 6) is -2.67. The first kappa shape index (κ1) is 16.7. The first-order valence-electron chi connectivity index (χ1n) is 7.44. The van der Waals surface area contributed by atoms with E-state index in [9.17, 15) is 23.7 Å². The predicted octanol–water partition coefficient (Wildman–Crippen LogP) is 1.13. The summed E-state index contributed by atoms with van der Waals surface area (Å²) in [5.41, 5.74) is -1.71. The zero-order valence-corrected chi connectivity index (χ0v) is 13.1. The van der Waals surface area contributed by atoms with Crippen molar-refractivity contribution in [2.24, 2.45) is 10.4 Å². The summed E-state index contributed by atoms with van der Waals surface area (Å²) in [7, 11) is 0. The standard InChI is InChI=1S/C15H13FN4O5/c1-2-25-13(22)11-7-15(20(17-11)18-24)8-12(21)19(14(15)23)10-5-3-9(16)4-6-10/h3-6H,2,7-8H2,1H3/t15-/m0/s1. The highest BCUT2D eigenvalue weighted by molar-refractivity contribution is 6.39. The number of rotatable bonds is 4. The van der Waals surface area contributed by atoms with Crippen molar-refractivity contribution in [3.63, 3.8) is 0 Å². The molecule has 3 rings (SSSR count). The number of amides is 2. The van der Waals surface area contributed by atoms with Crippen molar-refractivity contribution in [3.05, 3.63) is 35.0 Å². The van der Waals surface area contributed by atoms with Crippen LogP contribution in [0.3, 0.4) is 0 Å². The Kier molecular flexibility index (Phi) is 4.03. The Morgan fingerprint density at radius 3 is 2.60 bits per heavy atom. The van der Waals surface area contributed by atoms with Gasteiger partial charge in [0, 0.05) is 6.42 Å². The lowest BCUT2D eigenvalue weighted by atomic mass is 9.92. The smallest absolute Gasteiger partial charge is 0.354 e. The maximum absolute atomic E-state index is 13.1. The lowest BCUT2D eigenvalue weighted by Crippen LogP contribution is -2.48. The molecule has 2 heterocycles. The largest absolute Gasteiger partial charge is 0.461 e. The molecule has 10 heteroatoms. The van der Waals surface area contributed by atoms with Crippen LogP contribution in [-0.4, -0.2) is 40.8 Å². The van der Waals surface area contributed by atoms with E-state index >= 15 is 0 Å². The minimum Gasteiger partial charge on any atom is -0.461 e. The molecule has 1 spiro atoms. The van der Waals surface area contributed by atoms with E-state index in [0.29, 0.717) is 5.12 Å². The molecule has 130 valence electrons. The van der Waals surface area contributed by atoms with Crippen molar-refractivity contribution in [3.8, 4) is 0 Å². The van der Waals surface area contributed by atoms with Crippen LogP contribution in [0, 0.1) is 10.7 Å². The molecule has 0 aliphatic carbocycles. The zero-order valence-electron chi connectivity index (χ0n) is 13.1. The second-order valence-electron chi connectivity index (χ2n) is 5.53. The van der Waals surface area contributed by atoms with Gasteiger partial charge in [-0.15, -0.1) is 15.1 Å². The lowest BCUT2D eigenvalue weighted by molar-refractivity contribution is -0.135. The van der Waals surface area contributed by atoms with Gasteiger partial charge in [-0.25, -0.2) is 14.1 Å². The van der Waals surface area contributed by atoms with Crippen LogP contribution < -0.4 is 4.90 Å². The summed E-state index contributed by atoms with van der Waals surface area (Å²) in [6.45, 7) is 1.69. The second-order valence-corrected chi connectivity index (χ2v) is 5.53. The lowest BCUT2D eigenvalue weighted by Gasteiger charge is -2.24. The number of nitroso groups, excluding NO2 is 1. The average Bonchev–Trinajstić information content (AvgIpc) is 3.07. The summed E-state index contributed by atoms with van der Waals surface area (Å²) in [6, 6.07) is 4.74. The van der Waals surface area contributed by atoms with Gasteiger partial charge in [-0.05, 0) is 31.2 Å². The maximum atomic E-state index is 13.1. The number of esters is 1. The summed E-state index contributed by atoms with van der Waals surface area (Å²) < 4.78 is 17.9. The van der Waals surface area contributed by atoms with Crippen LogP contribution >= 0.6 is 0 Å². The highest BCUT2D eigenvalue weighted by Crippen LogP contribution is 2.40. The van der Waals surface area contributed by atoms with Gasteiger partial charge in [0.05, 0.1) is 24.0 Å². The molecular weight excluding hydrogens is 335 g/mol.